The standard InChI is InChI=1S/C11H15Se/c1-7-5-8(2)11(6-12)10(4)9(7)3/h5H,6H2,1-4H3. The molecule has 0 heterocycles. The summed E-state index contributed by atoms with van der Waals surface area (Å²) in [6, 6.07) is 2.27. The van der Waals surface area contributed by atoms with E-state index in [1.165, 1.54) is 27.8 Å². The van der Waals surface area contributed by atoms with Gasteiger partial charge in [-0.25, -0.2) is 0 Å². The molecule has 0 fully saturated rings. The van der Waals surface area contributed by atoms with Gasteiger partial charge in [0.1, 0.15) is 0 Å². The van der Waals surface area contributed by atoms with Crippen LogP contribution in [0.15, 0.2) is 6.07 Å². The molecule has 0 atom stereocenters. The third-order valence-electron chi connectivity index (χ3n) is 2.66. The monoisotopic (exact) mass is 227 g/mol. The fourth-order valence-electron chi connectivity index (χ4n) is 1.56. The van der Waals surface area contributed by atoms with E-state index in [9.17, 15) is 0 Å². The predicted molar refractivity (Wildman–Crippen MR) is 54.8 cm³/mol. The van der Waals surface area contributed by atoms with E-state index < -0.39 is 0 Å². The molecule has 0 aliphatic heterocycles. The number of rotatable bonds is 1. The summed E-state index contributed by atoms with van der Waals surface area (Å²) in [4.78, 5) is 0. The van der Waals surface area contributed by atoms with Crippen LogP contribution in [-0.2, 0) is 5.32 Å². The van der Waals surface area contributed by atoms with Gasteiger partial charge in [-0.3, -0.25) is 0 Å². The Balaban J connectivity index is 3.40. The van der Waals surface area contributed by atoms with Crippen LogP contribution < -0.4 is 0 Å². The molecule has 0 nitrogen and oxygen atoms in total. The minimum atomic E-state index is 1.03. The summed E-state index contributed by atoms with van der Waals surface area (Å²) in [6.07, 6.45) is 0. The van der Waals surface area contributed by atoms with Crippen LogP contribution >= 0.6 is 0 Å². The summed E-state index contributed by atoms with van der Waals surface area (Å²) < 4.78 is 0. The molecule has 12 heavy (non-hydrogen) atoms. The molecule has 0 aliphatic rings. The van der Waals surface area contributed by atoms with E-state index in [-0.39, 0.29) is 0 Å². The summed E-state index contributed by atoms with van der Waals surface area (Å²) in [5, 5.41) is 1.03. The van der Waals surface area contributed by atoms with Crippen molar-refractivity contribution in [3.05, 3.63) is 33.9 Å². The van der Waals surface area contributed by atoms with Crippen LogP contribution in [0, 0.1) is 27.7 Å². The zero-order valence-electron chi connectivity index (χ0n) is 8.19. The van der Waals surface area contributed by atoms with Crippen LogP contribution in [0.4, 0.5) is 0 Å². The van der Waals surface area contributed by atoms with Crippen molar-refractivity contribution in [2.75, 3.05) is 0 Å². The fraction of sp³-hybridized carbons (Fsp3) is 0.455. The first-order chi connectivity index (χ1) is 5.57. The molecule has 0 N–H and O–H groups in total. The maximum absolute atomic E-state index is 3.09. The van der Waals surface area contributed by atoms with E-state index in [0.717, 1.165) is 5.32 Å². The molecule has 0 aliphatic carbocycles. The first kappa shape index (κ1) is 9.82. The van der Waals surface area contributed by atoms with Gasteiger partial charge in [0.2, 0.25) is 0 Å². The Hall–Kier alpha value is -0.261. The van der Waals surface area contributed by atoms with Crippen LogP contribution in [0.5, 0.6) is 0 Å². The van der Waals surface area contributed by atoms with Gasteiger partial charge in [0.05, 0.1) is 0 Å². The average Bonchev–Trinajstić information content (AvgIpc) is 2.01. The van der Waals surface area contributed by atoms with E-state index in [2.05, 4.69) is 49.8 Å². The molecular formula is C11H15Se. The van der Waals surface area contributed by atoms with Crippen molar-refractivity contribution in [1.82, 2.24) is 0 Å². The SMILES string of the molecule is Cc1cc(C)c(C[Se])c(C)c1C. The van der Waals surface area contributed by atoms with Gasteiger partial charge >= 0.3 is 82.9 Å². The third kappa shape index (κ3) is 1.57. The average molecular weight is 226 g/mol. The molecule has 1 aromatic rings. The molecule has 1 rings (SSSR count). The van der Waals surface area contributed by atoms with Gasteiger partial charge < -0.3 is 0 Å². The van der Waals surface area contributed by atoms with Crippen molar-refractivity contribution in [2.24, 2.45) is 0 Å². The Bertz CT molecular complexity index is 300. The Morgan fingerprint density at radius 1 is 1.00 bits per heavy atom. The van der Waals surface area contributed by atoms with Crippen molar-refractivity contribution in [1.29, 1.82) is 0 Å². The van der Waals surface area contributed by atoms with Gasteiger partial charge in [-0.2, -0.15) is 0 Å². The molecule has 0 amide bonds. The van der Waals surface area contributed by atoms with E-state index in [1.807, 2.05) is 0 Å². The maximum atomic E-state index is 3.09. The minimum absolute atomic E-state index is 1.03. The second-order valence-electron chi connectivity index (χ2n) is 3.38. The Kier molecular flexibility index (Phi) is 2.98. The van der Waals surface area contributed by atoms with Gasteiger partial charge in [-0.15, -0.1) is 0 Å². The summed E-state index contributed by atoms with van der Waals surface area (Å²) >= 11 is 3.09. The Morgan fingerprint density at radius 3 is 2.08 bits per heavy atom. The topological polar surface area (TPSA) is 0 Å². The fourth-order valence-corrected chi connectivity index (χ4v) is 2.49. The van der Waals surface area contributed by atoms with E-state index in [0.29, 0.717) is 0 Å². The molecule has 65 valence electrons. The first-order valence-electron chi connectivity index (χ1n) is 4.22. The van der Waals surface area contributed by atoms with Gasteiger partial charge in [0, 0.05) is 0 Å². The second kappa shape index (κ2) is 3.64. The number of hydrogen-bond donors (Lipinski definition) is 0. The molecule has 1 heteroatoms. The van der Waals surface area contributed by atoms with E-state index in [4.69, 9.17) is 0 Å². The zero-order valence-corrected chi connectivity index (χ0v) is 9.91. The van der Waals surface area contributed by atoms with Crippen molar-refractivity contribution in [3.8, 4) is 0 Å². The van der Waals surface area contributed by atoms with Crippen LogP contribution in [0.2, 0.25) is 0 Å². The van der Waals surface area contributed by atoms with Gasteiger partial charge in [-0.05, 0) is 0 Å². The quantitative estimate of drug-likeness (QED) is 0.646. The number of hydrogen-bond acceptors (Lipinski definition) is 0. The molecule has 0 spiro atoms. The molecular weight excluding hydrogens is 211 g/mol. The number of benzene rings is 1. The van der Waals surface area contributed by atoms with Crippen LogP contribution in [0.3, 0.4) is 0 Å². The molecule has 1 radical (unpaired) electrons. The van der Waals surface area contributed by atoms with Gasteiger partial charge in [0.25, 0.3) is 0 Å². The molecule has 0 saturated heterocycles. The normalized spacial score (nSPS) is 10.4. The van der Waals surface area contributed by atoms with Crippen molar-refractivity contribution >= 4 is 16.0 Å². The molecule has 0 bridgehead atoms. The summed E-state index contributed by atoms with van der Waals surface area (Å²) in [7, 11) is 0. The Labute approximate surface area is 83.2 Å². The van der Waals surface area contributed by atoms with Crippen LogP contribution in [-0.4, -0.2) is 16.0 Å². The number of aryl methyl sites for hydroxylation is 2. The summed E-state index contributed by atoms with van der Waals surface area (Å²) in [5.74, 6) is 0. The van der Waals surface area contributed by atoms with E-state index >= 15 is 0 Å². The van der Waals surface area contributed by atoms with Gasteiger partial charge in [-0.1, -0.05) is 0 Å². The van der Waals surface area contributed by atoms with Crippen molar-refractivity contribution < 1.29 is 0 Å². The van der Waals surface area contributed by atoms with Crippen molar-refractivity contribution in [3.63, 3.8) is 0 Å². The van der Waals surface area contributed by atoms with Crippen LogP contribution in [0.25, 0.3) is 0 Å². The van der Waals surface area contributed by atoms with Crippen LogP contribution in [0.1, 0.15) is 27.8 Å². The third-order valence-corrected chi connectivity index (χ3v) is 3.27. The molecule has 1 aromatic carbocycles. The first-order valence-corrected chi connectivity index (χ1v) is 5.43. The Morgan fingerprint density at radius 2 is 1.58 bits per heavy atom. The predicted octanol–water partition coefficient (Wildman–Crippen LogP) is 2.59. The van der Waals surface area contributed by atoms with Crippen molar-refractivity contribution in [2.45, 2.75) is 33.0 Å². The van der Waals surface area contributed by atoms with Gasteiger partial charge in [0.15, 0.2) is 0 Å². The molecule has 0 saturated carbocycles. The van der Waals surface area contributed by atoms with E-state index in [1.54, 1.807) is 0 Å². The molecule has 0 aromatic heterocycles. The molecule has 0 unspecified atom stereocenters. The summed E-state index contributed by atoms with van der Waals surface area (Å²) in [6.45, 7) is 8.77. The second-order valence-corrected chi connectivity index (χ2v) is 3.99. The summed E-state index contributed by atoms with van der Waals surface area (Å²) in [5.41, 5.74) is 7.17. The zero-order chi connectivity index (χ0) is 9.30.